The lowest BCUT2D eigenvalue weighted by Gasteiger charge is -2.06. The summed E-state index contributed by atoms with van der Waals surface area (Å²) in [5, 5.41) is 0. The smallest absolute Gasteiger partial charge is 0.144 e. The minimum atomic E-state index is 0.355. The van der Waals surface area contributed by atoms with Gasteiger partial charge in [-0.25, -0.2) is 4.98 Å². The summed E-state index contributed by atoms with van der Waals surface area (Å²) < 4.78 is 2.19. The van der Waals surface area contributed by atoms with Gasteiger partial charge in [0, 0.05) is 12.5 Å². The quantitative estimate of drug-likeness (QED) is 0.853. The van der Waals surface area contributed by atoms with Crippen LogP contribution in [-0.2, 0) is 17.8 Å². The molecular weight excluding hydrogens is 248 g/mol. The fourth-order valence-corrected chi connectivity index (χ4v) is 4.19. The molecule has 3 nitrogen and oxygen atoms in total. The minimum absolute atomic E-state index is 0.355. The molecule has 0 spiro atoms. The molecule has 104 valence electrons. The van der Waals surface area contributed by atoms with Crippen LogP contribution in [0.1, 0.15) is 32.0 Å². The van der Waals surface area contributed by atoms with Crippen molar-refractivity contribution in [3.05, 3.63) is 30.1 Å². The highest BCUT2D eigenvalue weighted by Gasteiger charge is 2.55. The minimum Gasteiger partial charge on any atom is -0.328 e. The van der Waals surface area contributed by atoms with Crippen LogP contribution in [0.3, 0.4) is 0 Å². The number of aromatic nitrogens is 2. The predicted molar refractivity (Wildman–Crippen MR) is 78.4 cm³/mol. The van der Waals surface area contributed by atoms with Gasteiger partial charge in [0.05, 0.1) is 17.5 Å². The lowest BCUT2D eigenvalue weighted by molar-refractivity contribution is -0.120. The Labute approximate surface area is 119 Å². The number of hydrogen-bond donors (Lipinski definition) is 0. The van der Waals surface area contributed by atoms with E-state index < -0.39 is 0 Å². The van der Waals surface area contributed by atoms with Gasteiger partial charge in [-0.15, -0.1) is 0 Å². The van der Waals surface area contributed by atoms with Gasteiger partial charge >= 0.3 is 0 Å². The summed E-state index contributed by atoms with van der Waals surface area (Å²) in [6, 6.07) is 8.16. The summed E-state index contributed by atoms with van der Waals surface area (Å²) in [4.78, 5) is 17.1. The number of imidazole rings is 1. The van der Waals surface area contributed by atoms with E-state index in [1.165, 1.54) is 19.3 Å². The molecule has 0 N–H and O–H groups in total. The SMILES string of the molecule is CCn1c(CC(=O)C2C3CCCC32)nc2ccccc21. The van der Waals surface area contributed by atoms with Crippen molar-refractivity contribution in [2.75, 3.05) is 0 Å². The number of para-hydroxylation sites is 2. The highest BCUT2D eigenvalue weighted by atomic mass is 16.1. The van der Waals surface area contributed by atoms with Crippen LogP contribution >= 0.6 is 0 Å². The largest absolute Gasteiger partial charge is 0.328 e. The molecule has 0 aliphatic heterocycles. The molecule has 0 amide bonds. The Kier molecular flexibility index (Phi) is 2.69. The molecule has 2 atom stereocenters. The number of nitrogens with zero attached hydrogens (tertiary/aromatic N) is 2. The Balaban J connectivity index is 1.60. The second-order valence-electron chi connectivity index (χ2n) is 6.19. The Hall–Kier alpha value is -1.64. The van der Waals surface area contributed by atoms with Crippen LogP contribution in [0.4, 0.5) is 0 Å². The molecular formula is C17H20N2O. The van der Waals surface area contributed by atoms with Crippen LogP contribution in [0.25, 0.3) is 11.0 Å². The Morgan fingerprint density at radius 3 is 2.80 bits per heavy atom. The summed E-state index contributed by atoms with van der Waals surface area (Å²) in [6.45, 7) is 2.99. The average Bonchev–Trinajstić information content (AvgIpc) is 2.83. The van der Waals surface area contributed by atoms with Crippen molar-refractivity contribution in [1.29, 1.82) is 0 Å². The van der Waals surface area contributed by atoms with Gasteiger partial charge in [0.2, 0.25) is 0 Å². The molecule has 2 aliphatic rings. The first-order valence-corrected chi connectivity index (χ1v) is 7.76. The van der Waals surface area contributed by atoms with Crippen LogP contribution < -0.4 is 0 Å². The predicted octanol–water partition coefficient (Wildman–Crippen LogP) is 3.21. The number of benzene rings is 1. The molecule has 2 saturated carbocycles. The zero-order chi connectivity index (χ0) is 13.7. The first-order valence-electron chi connectivity index (χ1n) is 7.76. The second kappa shape index (κ2) is 4.44. The summed E-state index contributed by atoms with van der Waals surface area (Å²) in [6.07, 6.45) is 4.38. The highest BCUT2D eigenvalue weighted by molar-refractivity contribution is 5.87. The Bertz CT molecular complexity index is 663. The van der Waals surface area contributed by atoms with Gasteiger partial charge < -0.3 is 4.57 Å². The molecule has 2 unspecified atom stereocenters. The van der Waals surface area contributed by atoms with Gasteiger partial charge in [-0.1, -0.05) is 18.6 Å². The van der Waals surface area contributed by atoms with Crippen LogP contribution in [0.15, 0.2) is 24.3 Å². The molecule has 3 heteroatoms. The van der Waals surface area contributed by atoms with Crippen LogP contribution in [0.5, 0.6) is 0 Å². The summed E-state index contributed by atoms with van der Waals surface area (Å²) >= 11 is 0. The summed E-state index contributed by atoms with van der Waals surface area (Å²) in [5.41, 5.74) is 2.15. The summed E-state index contributed by atoms with van der Waals surface area (Å²) in [5.74, 6) is 3.14. The zero-order valence-electron chi connectivity index (χ0n) is 11.9. The van der Waals surface area contributed by atoms with E-state index in [4.69, 9.17) is 0 Å². The van der Waals surface area contributed by atoms with E-state index in [2.05, 4.69) is 22.5 Å². The third-order valence-electron chi connectivity index (χ3n) is 5.16. The summed E-state index contributed by atoms with van der Waals surface area (Å²) in [7, 11) is 0. The Morgan fingerprint density at radius 2 is 2.05 bits per heavy atom. The lowest BCUT2D eigenvalue weighted by Crippen LogP contribution is -2.13. The van der Waals surface area contributed by atoms with Gasteiger partial charge in [0.15, 0.2) is 0 Å². The van der Waals surface area contributed by atoms with Gasteiger partial charge in [-0.3, -0.25) is 4.79 Å². The number of Topliss-reactive ketones (excluding diaryl/α,β-unsaturated/α-hetero) is 1. The van der Waals surface area contributed by atoms with E-state index in [0.717, 1.165) is 23.4 Å². The van der Waals surface area contributed by atoms with Gasteiger partial charge in [0.1, 0.15) is 11.6 Å². The van der Waals surface area contributed by atoms with Crippen LogP contribution in [0, 0.1) is 17.8 Å². The number of carbonyl (C=O) groups excluding carboxylic acids is 1. The maximum Gasteiger partial charge on any atom is 0.144 e. The molecule has 0 radical (unpaired) electrons. The Morgan fingerprint density at radius 1 is 1.30 bits per heavy atom. The van der Waals surface area contributed by atoms with Crippen LogP contribution in [0.2, 0.25) is 0 Å². The van der Waals surface area contributed by atoms with Crippen molar-refractivity contribution in [1.82, 2.24) is 9.55 Å². The molecule has 0 saturated heterocycles. The fraction of sp³-hybridized carbons (Fsp3) is 0.529. The molecule has 1 aromatic carbocycles. The normalized spacial score (nSPS) is 27.8. The average molecular weight is 268 g/mol. The van der Waals surface area contributed by atoms with E-state index in [0.29, 0.717) is 30.0 Å². The molecule has 1 aromatic heterocycles. The fourth-order valence-electron chi connectivity index (χ4n) is 4.19. The molecule has 1 heterocycles. The van der Waals surface area contributed by atoms with Gasteiger partial charge in [-0.2, -0.15) is 0 Å². The number of carbonyl (C=O) groups is 1. The van der Waals surface area contributed by atoms with E-state index in [1.807, 2.05) is 18.2 Å². The number of rotatable bonds is 4. The first-order chi connectivity index (χ1) is 9.79. The molecule has 2 aromatic rings. The zero-order valence-corrected chi connectivity index (χ0v) is 11.9. The maximum atomic E-state index is 12.5. The van der Waals surface area contributed by atoms with Gasteiger partial charge in [-0.05, 0) is 43.7 Å². The van der Waals surface area contributed by atoms with Crippen molar-refractivity contribution in [3.63, 3.8) is 0 Å². The lowest BCUT2D eigenvalue weighted by atomic mass is 10.1. The number of hydrogen-bond acceptors (Lipinski definition) is 2. The maximum absolute atomic E-state index is 12.5. The third kappa shape index (κ3) is 1.72. The van der Waals surface area contributed by atoms with Crippen molar-refractivity contribution in [3.8, 4) is 0 Å². The van der Waals surface area contributed by atoms with Crippen molar-refractivity contribution < 1.29 is 4.79 Å². The molecule has 4 rings (SSSR count). The number of fused-ring (bicyclic) bond motifs is 2. The standard InChI is InChI=1S/C17H20N2O/c1-2-19-14-9-4-3-8-13(14)18-16(19)10-15(20)17-11-6-5-7-12(11)17/h3-4,8-9,11-12,17H,2,5-7,10H2,1H3. The second-order valence-corrected chi connectivity index (χ2v) is 6.19. The third-order valence-corrected chi connectivity index (χ3v) is 5.16. The van der Waals surface area contributed by atoms with Crippen LogP contribution in [-0.4, -0.2) is 15.3 Å². The van der Waals surface area contributed by atoms with Gasteiger partial charge in [0.25, 0.3) is 0 Å². The highest BCUT2D eigenvalue weighted by Crippen LogP contribution is 2.58. The van der Waals surface area contributed by atoms with E-state index in [9.17, 15) is 4.79 Å². The van der Waals surface area contributed by atoms with E-state index in [-0.39, 0.29) is 0 Å². The monoisotopic (exact) mass is 268 g/mol. The molecule has 2 aliphatic carbocycles. The molecule has 2 fully saturated rings. The first kappa shape index (κ1) is 12.1. The van der Waals surface area contributed by atoms with E-state index >= 15 is 0 Å². The van der Waals surface area contributed by atoms with Crippen molar-refractivity contribution in [2.45, 2.75) is 39.2 Å². The topological polar surface area (TPSA) is 34.9 Å². The van der Waals surface area contributed by atoms with Crippen molar-refractivity contribution in [2.24, 2.45) is 17.8 Å². The molecule has 0 bridgehead atoms. The number of ketones is 1. The van der Waals surface area contributed by atoms with E-state index in [1.54, 1.807) is 0 Å². The number of aryl methyl sites for hydroxylation is 1. The van der Waals surface area contributed by atoms with Crippen molar-refractivity contribution >= 4 is 16.8 Å². The molecule has 20 heavy (non-hydrogen) atoms.